The number of carbonyl (C=O) groups excluding carboxylic acids is 2. The number of thioether (sulfide) groups is 1. The molecule has 2 aromatic carbocycles. The van der Waals surface area contributed by atoms with Crippen LogP contribution >= 0.6 is 56.9 Å². The molecule has 1 aliphatic heterocycles. The fraction of sp³-hybridized carbons (Fsp3) is 0.200. The van der Waals surface area contributed by atoms with Gasteiger partial charge in [-0.2, -0.15) is 0 Å². The minimum absolute atomic E-state index is 0.245. The van der Waals surface area contributed by atoms with Gasteiger partial charge in [-0.05, 0) is 94.6 Å². The molecule has 0 saturated carbocycles. The zero-order valence-corrected chi connectivity index (χ0v) is 19.9. The summed E-state index contributed by atoms with van der Waals surface area (Å²) in [5.41, 5.74) is 2.89. The summed E-state index contributed by atoms with van der Waals surface area (Å²) in [6.07, 6.45) is 1.76. The van der Waals surface area contributed by atoms with Gasteiger partial charge in [0.25, 0.3) is 11.1 Å². The molecule has 0 atom stereocenters. The fourth-order valence-corrected chi connectivity index (χ4v) is 5.51. The molecule has 2 amide bonds. The van der Waals surface area contributed by atoms with E-state index >= 15 is 0 Å². The molecule has 2 aromatic rings. The topological polar surface area (TPSA) is 46.6 Å². The molecule has 140 valence electrons. The highest BCUT2D eigenvalue weighted by Crippen LogP contribution is 2.36. The molecule has 1 fully saturated rings. The molecule has 0 unspecified atom stereocenters. The Morgan fingerprint density at radius 1 is 1.15 bits per heavy atom. The Hall–Kier alpha value is -1.07. The van der Waals surface area contributed by atoms with Crippen LogP contribution in [0.2, 0.25) is 0 Å². The molecule has 3 rings (SSSR count). The van der Waals surface area contributed by atoms with Crippen LogP contribution in [0.4, 0.5) is 4.79 Å². The van der Waals surface area contributed by atoms with Crippen molar-refractivity contribution in [2.24, 2.45) is 0 Å². The molecule has 27 heavy (non-hydrogen) atoms. The van der Waals surface area contributed by atoms with Crippen LogP contribution in [0.25, 0.3) is 6.08 Å². The molecular formula is C20H17I2NO3S. The van der Waals surface area contributed by atoms with Gasteiger partial charge >= 0.3 is 0 Å². The molecule has 4 nitrogen and oxygen atoms in total. The summed E-state index contributed by atoms with van der Waals surface area (Å²) in [6, 6.07) is 11.8. The Kier molecular flexibility index (Phi) is 6.85. The summed E-state index contributed by atoms with van der Waals surface area (Å²) in [6.45, 7) is 4.75. The number of aryl methyl sites for hydroxylation is 1. The van der Waals surface area contributed by atoms with E-state index in [4.69, 9.17) is 4.74 Å². The van der Waals surface area contributed by atoms with Gasteiger partial charge in [0.15, 0.2) is 0 Å². The van der Waals surface area contributed by atoms with E-state index in [0.717, 1.165) is 41.3 Å². The van der Waals surface area contributed by atoms with Crippen molar-refractivity contribution in [2.75, 3.05) is 6.61 Å². The third kappa shape index (κ3) is 4.86. The molecule has 0 spiro atoms. The lowest BCUT2D eigenvalue weighted by atomic mass is 10.1. The van der Waals surface area contributed by atoms with E-state index in [-0.39, 0.29) is 17.7 Å². The van der Waals surface area contributed by atoms with E-state index < -0.39 is 0 Å². The molecule has 1 aliphatic rings. The minimum Gasteiger partial charge on any atom is -0.492 e. The van der Waals surface area contributed by atoms with Gasteiger partial charge in [-0.15, -0.1) is 0 Å². The van der Waals surface area contributed by atoms with E-state index in [2.05, 4.69) is 45.2 Å². The highest BCUT2D eigenvalue weighted by molar-refractivity contribution is 14.1. The van der Waals surface area contributed by atoms with Gasteiger partial charge in [-0.1, -0.05) is 29.8 Å². The van der Waals surface area contributed by atoms with Crippen LogP contribution in [0.3, 0.4) is 0 Å². The number of nitrogens with zero attached hydrogens (tertiary/aromatic N) is 1. The third-order valence-corrected chi connectivity index (χ3v) is 6.28. The second kappa shape index (κ2) is 8.95. The van der Waals surface area contributed by atoms with E-state index in [9.17, 15) is 9.59 Å². The van der Waals surface area contributed by atoms with E-state index in [0.29, 0.717) is 11.5 Å². The molecule has 0 N–H and O–H groups in total. The summed E-state index contributed by atoms with van der Waals surface area (Å²) in [7, 11) is 0. The van der Waals surface area contributed by atoms with Crippen molar-refractivity contribution < 1.29 is 14.3 Å². The van der Waals surface area contributed by atoms with Crippen LogP contribution in [-0.4, -0.2) is 22.7 Å². The lowest BCUT2D eigenvalue weighted by Gasteiger charge is -2.13. The average Bonchev–Trinajstić information content (AvgIpc) is 2.87. The van der Waals surface area contributed by atoms with Crippen LogP contribution in [0.5, 0.6) is 5.75 Å². The molecule has 0 radical (unpaired) electrons. The molecule has 1 heterocycles. The molecule has 1 saturated heterocycles. The monoisotopic (exact) mass is 605 g/mol. The summed E-state index contributed by atoms with van der Waals surface area (Å²) in [5.74, 6) is 0.478. The molecule has 0 aromatic heterocycles. The molecule has 0 bridgehead atoms. The number of hydrogen-bond acceptors (Lipinski definition) is 4. The normalized spacial score (nSPS) is 15.7. The van der Waals surface area contributed by atoms with Gasteiger partial charge in [0.2, 0.25) is 0 Å². The number of carbonyl (C=O) groups is 2. The predicted octanol–water partition coefficient (Wildman–Crippen LogP) is 5.84. The number of halogens is 2. The predicted molar refractivity (Wildman–Crippen MR) is 126 cm³/mol. The number of ether oxygens (including phenoxy) is 1. The Morgan fingerprint density at radius 3 is 2.52 bits per heavy atom. The second-order valence-electron chi connectivity index (χ2n) is 5.99. The number of benzene rings is 2. The zero-order chi connectivity index (χ0) is 19.6. The Bertz CT molecular complexity index is 926. The first-order chi connectivity index (χ1) is 12.9. The summed E-state index contributed by atoms with van der Waals surface area (Å²) in [5, 5.41) is -0.245. The quantitative estimate of drug-likeness (QED) is 0.318. The van der Waals surface area contributed by atoms with Crippen LogP contribution in [0, 0.1) is 14.1 Å². The van der Waals surface area contributed by atoms with Gasteiger partial charge in [0, 0.05) is 9.13 Å². The highest BCUT2D eigenvalue weighted by Gasteiger charge is 2.35. The van der Waals surface area contributed by atoms with Crippen LogP contribution in [0.15, 0.2) is 41.3 Å². The maximum Gasteiger partial charge on any atom is 0.293 e. The Morgan fingerprint density at radius 2 is 1.85 bits per heavy atom. The fourth-order valence-electron chi connectivity index (χ4n) is 2.64. The Balaban J connectivity index is 1.89. The number of amides is 2. The maximum absolute atomic E-state index is 12.8. The number of hydrogen-bond donors (Lipinski definition) is 0. The SMILES string of the molecule is CCOc1c(I)cc(I)cc1/C=C1\SC(=O)N(Cc2ccc(C)cc2)C1=O. The average molecular weight is 605 g/mol. The molecule has 0 aliphatic carbocycles. The van der Waals surface area contributed by atoms with Crippen molar-refractivity contribution in [1.82, 2.24) is 4.90 Å². The van der Waals surface area contributed by atoms with E-state index in [1.165, 1.54) is 4.90 Å². The third-order valence-electron chi connectivity index (χ3n) is 3.95. The van der Waals surface area contributed by atoms with Crippen molar-refractivity contribution in [1.29, 1.82) is 0 Å². The lowest BCUT2D eigenvalue weighted by Crippen LogP contribution is -2.27. The minimum atomic E-state index is -0.262. The largest absolute Gasteiger partial charge is 0.492 e. The van der Waals surface area contributed by atoms with Crippen molar-refractivity contribution in [3.63, 3.8) is 0 Å². The van der Waals surface area contributed by atoms with Gasteiger partial charge in [-0.25, -0.2) is 0 Å². The van der Waals surface area contributed by atoms with Crippen LogP contribution in [0.1, 0.15) is 23.6 Å². The smallest absolute Gasteiger partial charge is 0.293 e. The number of imide groups is 1. The van der Waals surface area contributed by atoms with E-state index in [1.54, 1.807) is 6.08 Å². The van der Waals surface area contributed by atoms with Crippen LogP contribution in [-0.2, 0) is 11.3 Å². The van der Waals surface area contributed by atoms with Crippen molar-refractivity contribution in [3.8, 4) is 5.75 Å². The van der Waals surface area contributed by atoms with Crippen molar-refractivity contribution in [3.05, 3.63) is 65.1 Å². The van der Waals surface area contributed by atoms with Gasteiger partial charge in [0.1, 0.15) is 5.75 Å². The van der Waals surface area contributed by atoms with E-state index in [1.807, 2.05) is 50.2 Å². The first-order valence-electron chi connectivity index (χ1n) is 8.31. The van der Waals surface area contributed by atoms with Crippen molar-refractivity contribution in [2.45, 2.75) is 20.4 Å². The zero-order valence-electron chi connectivity index (χ0n) is 14.8. The van der Waals surface area contributed by atoms with Gasteiger partial charge in [-0.3, -0.25) is 14.5 Å². The van der Waals surface area contributed by atoms with Crippen LogP contribution < -0.4 is 4.74 Å². The summed E-state index contributed by atoms with van der Waals surface area (Å²) < 4.78 is 7.78. The lowest BCUT2D eigenvalue weighted by molar-refractivity contribution is -0.123. The standard InChI is InChI=1S/C20H17I2NO3S/c1-3-26-18-14(8-15(21)10-16(18)22)9-17-19(24)23(20(25)27-17)11-13-6-4-12(2)5-7-13/h4-10H,3,11H2,1-2H3/b17-9-. The second-order valence-corrected chi connectivity index (χ2v) is 9.39. The highest BCUT2D eigenvalue weighted by atomic mass is 127. The molecule has 7 heteroatoms. The first kappa shape index (κ1) is 20.7. The Labute approximate surface area is 190 Å². The summed E-state index contributed by atoms with van der Waals surface area (Å²) >= 11 is 5.44. The van der Waals surface area contributed by atoms with Gasteiger partial charge in [0.05, 0.1) is 21.6 Å². The summed E-state index contributed by atoms with van der Waals surface area (Å²) in [4.78, 5) is 26.9. The van der Waals surface area contributed by atoms with Gasteiger partial charge < -0.3 is 4.74 Å². The first-order valence-corrected chi connectivity index (χ1v) is 11.3. The van der Waals surface area contributed by atoms with Crippen molar-refractivity contribution >= 4 is 74.2 Å². The molecular weight excluding hydrogens is 588 g/mol. The maximum atomic E-state index is 12.8. The number of rotatable bonds is 5.